The summed E-state index contributed by atoms with van der Waals surface area (Å²) >= 11 is 6.06. The van der Waals surface area contributed by atoms with E-state index in [9.17, 15) is 16.8 Å². The van der Waals surface area contributed by atoms with E-state index in [1.807, 2.05) is 20.8 Å². The molecule has 28 heavy (non-hydrogen) atoms. The van der Waals surface area contributed by atoms with Crippen LogP contribution in [0.4, 0.5) is 0 Å². The van der Waals surface area contributed by atoms with Gasteiger partial charge in [0.25, 0.3) is 0 Å². The predicted molar refractivity (Wildman–Crippen MR) is 111 cm³/mol. The Morgan fingerprint density at radius 1 is 0.964 bits per heavy atom. The number of sulfonamides is 1. The highest BCUT2D eigenvalue weighted by atomic mass is 35.5. The maximum Gasteiger partial charge on any atom is 0.241 e. The fraction of sp³-hybridized carbons (Fsp3) is 0.400. The molecule has 0 amide bonds. The quantitative estimate of drug-likeness (QED) is 0.778. The average Bonchev–Trinajstić information content (AvgIpc) is 2.60. The molecule has 1 aliphatic heterocycles. The summed E-state index contributed by atoms with van der Waals surface area (Å²) in [5.41, 5.74) is 4.79. The fourth-order valence-electron chi connectivity index (χ4n) is 3.85. The van der Waals surface area contributed by atoms with Gasteiger partial charge in [-0.3, -0.25) is 0 Å². The summed E-state index contributed by atoms with van der Waals surface area (Å²) in [5.74, 6) is -0.112. The topological polar surface area (TPSA) is 80.3 Å². The fourth-order valence-corrected chi connectivity index (χ4v) is 7.48. The van der Waals surface area contributed by atoms with Gasteiger partial charge in [-0.05, 0) is 92.6 Å². The van der Waals surface area contributed by atoms with Crippen LogP contribution in [0.25, 0.3) is 0 Å². The zero-order valence-corrected chi connectivity index (χ0v) is 18.9. The van der Waals surface area contributed by atoms with Crippen LogP contribution in [0.2, 0.25) is 5.02 Å². The van der Waals surface area contributed by atoms with Crippen molar-refractivity contribution in [1.82, 2.24) is 4.72 Å². The molecule has 1 heterocycles. The van der Waals surface area contributed by atoms with Gasteiger partial charge in [-0.2, -0.15) is 0 Å². The number of rotatable bonds is 3. The van der Waals surface area contributed by atoms with Crippen molar-refractivity contribution in [3.8, 4) is 0 Å². The van der Waals surface area contributed by atoms with E-state index in [1.165, 1.54) is 18.2 Å². The van der Waals surface area contributed by atoms with Crippen molar-refractivity contribution in [3.05, 3.63) is 56.6 Å². The summed E-state index contributed by atoms with van der Waals surface area (Å²) in [7, 11) is -7.30. The Morgan fingerprint density at radius 2 is 1.50 bits per heavy atom. The van der Waals surface area contributed by atoms with Crippen molar-refractivity contribution in [2.24, 2.45) is 0 Å². The third-order valence-electron chi connectivity index (χ3n) is 5.85. The lowest BCUT2D eigenvalue weighted by Gasteiger charge is -2.27. The first-order valence-electron chi connectivity index (χ1n) is 8.98. The molecule has 152 valence electrons. The normalized spacial score (nSPS) is 18.7. The second-order valence-corrected chi connectivity index (χ2v) is 11.6. The standard InChI is InChI=1S/C20H24ClNO4S2/c1-11-12(2)14(4)20(15(5)13(11)3)28(25,26)22-18-8-9-27(23,24)19-7-6-16(21)10-17(18)19/h6-7,10,18,22H,8-9H2,1-5H3/t18-/m1/s1. The van der Waals surface area contributed by atoms with E-state index in [4.69, 9.17) is 11.6 Å². The van der Waals surface area contributed by atoms with Crippen LogP contribution in [0.1, 0.15) is 45.8 Å². The predicted octanol–water partition coefficient (Wildman–Crippen LogP) is 4.08. The molecule has 1 atom stereocenters. The average molecular weight is 442 g/mol. The summed E-state index contributed by atoms with van der Waals surface area (Å²) in [6.45, 7) is 9.43. The smallest absolute Gasteiger partial charge is 0.224 e. The molecule has 0 fully saturated rings. The highest BCUT2D eigenvalue weighted by molar-refractivity contribution is 7.91. The third-order valence-corrected chi connectivity index (χ3v) is 9.65. The summed E-state index contributed by atoms with van der Waals surface area (Å²) in [6, 6.07) is 3.84. The van der Waals surface area contributed by atoms with Crippen molar-refractivity contribution in [3.63, 3.8) is 0 Å². The number of hydrogen-bond donors (Lipinski definition) is 1. The number of benzene rings is 2. The molecule has 0 saturated heterocycles. The maximum absolute atomic E-state index is 13.3. The van der Waals surface area contributed by atoms with E-state index in [2.05, 4.69) is 4.72 Å². The zero-order valence-electron chi connectivity index (χ0n) is 16.6. The first-order valence-corrected chi connectivity index (χ1v) is 12.5. The lowest BCUT2D eigenvalue weighted by Crippen LogP contribution is -2.34. The maximum atomic E-state index is 13.3. The second kappa shape index (κ2) is 7.13. The van der Waals surface area contributed by atoms with E-state index in [-0.39, 0.29) is 22.0 Å². The molecule has 0 saturated carbocycles. The van der Waals surface area contributed by atoms with Crippen molar-refractivity contribution in [2.45, 2.75) is 56.9 Å². The molecule has 0 aliphatic carbocycles. The number of nitrogens with one attached hydrogen (secondary N) is 1. The molecular formula is C20H24ClNO4S2. The van der Waals surface area contributed by atoms with E-state index in [0.717, 1.165) is 16.7 Å². The monoisotopic (exact) mass is 441 g/mol. The highest BCUT2D eigenvalue weighted by Crippen LogP contribution is 2.36. The van der Waals surface area contributed by atoms with Gasteiger partial charge in [0, 0.05) is 11.1 Å². The van der Waals surface area contributed by atoms with Gasteiger partial charge in [-0.15, -0.1) is 0 Å². The van der Waals surface area contributed by atoms with Crippen molar-refractivity contribution in [1.29, 1.82) is 0 Å². The summed E-state index contributed by atoms with van der Waals surface area (Å²) in [5, 5.41) is 0.370. The molecule has 2 aromatic rings. The molecule has 0 aromatic heterocycles. The molecule has 0 spiro atoms. The van der Waals surface area contributed by atoms with Crippen LogP contribution in [0.5, 0.6) is 0 Å². The van der Waals surface area contributed by atoms with Crippen LogP contribution in [-0.4, -0.2) is 22.6 Å². The largest absolute Gasteiger partial charge is 0.241 e. The molecule has 2 aromatic carbocycles. The van der Waals surface area contributed by atoms with Gasteiger partial charge >= 0.3 is 0 Å². The van der Waals surface area contributed by atoms with Gasteiger partial charge in [0.15, 0.2) is 9.84 Å². The Hall–Kier alpha value is -1.41. The lowest BCUT2D eigenvalue weighted by molar-refractivity contribution is 0.527. The number of fused-ring (bicyclic) bond motifs is 1. The molecule has 3 rings (SSSR count). The number of sulfone groups is 1. The highest BCUT2D eigenvalue weighted by Gasteiger charge is 2.34. The zero-order chi connectivity index (χ0) is 21.0. The summed E-state index contributed by atoms with van der Waals surface area (Å²) in [4.78, 5) is 0.408. The number of hydrogen-bond acceptors (Lipinski definition) is 4. The van der Waals surface area contributed by atoms with E-state index < -0.39 is 25.9 Å². The number of halogens is 1. The van der Waals surface area contributed by atoms with E-state index in [1.54, 1.807) is 13.8 Å². The molecule has 5 nitrogen and oxygen atoms in total. The van der Waals surface area contributed by atoms with Crippen LogP contribution < -0.4 is 4.72 Å². The van der Waals surface area contributed by atoms with Gasteiger partial charge < -0.3 is 0 Å². The molecule has 0 bridgehead atoms. The van der Waals surface area contributed by atoms with Gasteiger partial charge in [0.05, 0.1) is 15.5 Å². The Morgan fingerprint density at radius 3 is 2.07 bits per heavy atom. The van der Waals surface area contributed by atoms with Crippen LogP contribution >= 0.6 is 11.6 Å². The van der Waals surface area contributed by atoms with Crippen LogP contribution in [0.15, 0.2) is 28.0 Å². The molecular weight excluding hydrogens is 418 g/mol. The minimum Gasteiger partial charge on any atom is -0.224 e. The van der Waals surface area contributed by atoms with Crippen LogP contribution in [-0.2, 0) is 19.9 Å². The van der Waals surface area contributed by atoms with Gasteiger partial charge in [0.1, 0.15) is 0 Å². The Labute approximate surface area is 172 Å². The molecule has 8 heteroatoms. The Bertz CT molecular complexity index is 1160. The Kier molecular flexibility index (Phi) is 5.42. The SMILES string of the molecule is Cc1c(C)c(C)c(S(=O)(=O)N[C@@H]2CCS(=O)(=O)c3ccc(Cl)cc32)c(C)c1C. The first-order chi connectivity index (χ1) is 12.9. The van der Waals surface area contributed by atoms with E-state index in [0.29, 0.717) is 21.7 Å². The second-order valence-electron chi connectivity index (χ2n) is 7.42. The minimum absolute atomic E-state index is 0.112. The van der Waals surface area contributed by atoms with Gasteiger partial charge in [-0.25, -0.2) is 21.6 Å². The molecule has 0 unspecified atom stereocenters. The Balaban J connectivity index is 2.12. The molecule has 1 aliphatic rings. The van der Waals surface area contributed by atoms with Crippen LogP contribution in [0, 0.1) is 34.6 Å². The first kappa shape index (κ1) is 21.3. The molecule has 0 radical (unpaired) electrons. The van der Waals surface area contributed by atoms with Crippen molar-refractivity contribution < 1.29 is 16.8 Å². The van der Waals surface area contributed by atoms with Gasteiger partial charge in [0.2, 0.25) is 10.0 Å². The summed E-state index contributed by atoms with van der Waals surface area (Å²) < 4.78 is 54.1. The summed E-state index contributed by atoms with van der Waals surface area (Å²) in [6.07, 6.45) is 0.164. The minimum atomic E-state index is -3.86. The molecule has 1 N–H and O–H groups in total. The third kappa shape index (κ3) is 3.49. The van der Waals surface area contributed by atoms with Crippen LogP contribution in [0.3, 0.4) is 0 Å². The van der Waals surface area contributed by atoms with Crippen molar-refractivity contribution >= 4 is 31.5 Å². The lowest BCUT2D eigenvalue weighted by atomic mass is 9.95. The van der Waals surface area contributed by atoms with Gasteiger partial charge in [-0.1, -0.05) is 11.6 Å². The van der Waals surface area contributed by atoms with Crippen molar-refractivity contribution in [2.75, 3.05) is 5.75 Å². The van der Waals surface area contributed by atoms with E-state index >= 15 is 0 Å².